The average Bonchev–Trinajstić information content (AvgIpc) is 2.94. The number of fused-ring (bicyclic) bond motifs is 4. The molecule has 1 aromatic rings. The lowest BCUT2D eigenvalue weighted by atomic mass is 9.94. The van der Waals surface area contributed by atoms with Crippen molar-refractivity contribution >= 4 is 5.91 Å². The van der Waals surface area contributed by atoms with Crippen LogP contribution in [0.2, 0.25) is 0 Å². The van der Waals surface area contributed by atoms with Crippen molar-refractivity contribution in [3.05, 3.63) is 35.9 Å². The number of piperidine rings is 1. The van der Waals surface area contributed by atoms with Crippen LogP contribution in [0.3, 0.4) is 0 Å². The van der Waals surface area contributed by atoms with Crippen LogP contribution >= 0.6 is 0 Å². The highest BCUT2D eigenvalue weighted by molar-refractivity contribution is 5.79. The lowest BCUT2D eigenvalue weighted by Gasteiger charge is -2.36. The molecule has 0 aliphatic carbocycles. The molecule has 4 nitrogen and oxygen atoms in total. The van der Waals surface area contributed by atoms with E-state index in [1.807, 2.05) is 0 Å². The van der Waals surface area contributed by atoms with E-state index in [1.54, 1.807) is 0 Å². The minimum Gasteiger partial charge on any atom is -0.381 e. The maximum absolute atomic E-state index is 12.9. The second kappa shape index (κ2) is 7.24. The number of hydrogen-bond donors (Lipinski definition) is 0. The van der Waals surface area contributed by atoms with Crippen LogP contribution in [0.1, 0.15) is 31.2 Å². The molecule has 2 bridgehead atoms. The van der Waals surface area contributed by atoms with Gasteiger partial charge in [-0.15, -0.1) is 0 Å². The van der Waals surface area contributed by atoms with Crippen LogP contribution in [0.5, 0.6) is 0 Å². The topological polar surface area (TPSA) is 32.8 Å². The van der Waals surface area contributed by atoms with Crippen molar-refractivity contribution in [1.29, 1.82) is 0 Å². The zero-order valence-electron chi connectivity index (χ0n) is 14.4. The van der Waals surface area contributed by atoms with Crippen molar-refractivity contribution in [3.8, 4) is 0 Å². The van der Waals surface area contributed by atoms with Gasteiger partial charge in [0.05, 0.1) is 0 Å². The largest absolute Gasteiger partial charge is 0.381 e. The molecular formula is C20H28N2O2. The van der Waals surface area contributed by atoms with Gasteiger partial charge in [-0.2, -0.15) is 0 Å². The molecule has 4 heterocycles. The smallest absolute Gasteiger partial charge is 0.225 e. The number of carbonyl (C=O) groups is 1. The minimum absolute atomic E-state index is 0.193. The fourth-order valence-corrected chi connectivity index (χ4v) is 4.57. The second-order valence-corrected chi connectivity index (χ2v) is 7.64. The summed E-state index contributed by atoms with van der Waals surface area (Å²) in [7, 11) is 0. The lowest BCUT2D eigenvalue weighted by Crippen LogP contribution is -2.45. The van der Waals surface area contributed by atoms with Gasteiger partial charge >= 0.3 is 0 Å². The van der Waals surface area contributed by atoms with Gasteiger partial charge in [0, 0.05) is 51.4 Å². The zero-order chi connectivity index (χ0) is 16.4. The number of rotatable bonds is 3. The van der Waals surface area contributed by atoms with E-state index in [4.69, 9.17) is 4.74 Å². The Bertz CT molecular complexity index is 556. The first-order chi connectivity index (χ1) is 11.8. The van der Waals surface area contributed by atoms with E-state index >= 15 is 0 Å². The summed E-state index contributed by atoms with van der Waals surface area (Å²) in [4.78, 5) is 17.7. The molecule has 130 valence electrons. The van der Waals surface area contributed by atoms with Gasteiger partial charge in [-0.25, -0.2) is 0 Å². The summed E-state index contributed by atoms with van der Waals surface area (Å²) in [6.07, 6.45) is 4.30. The van der Waals surface area contributed by atoms with Crippen molar-refractivity contribution in [3.63, 3.8) is 0 Å². The van der Waals surface area contributed by atoms with Crippen molar-refractivity contribution in [2.45, 2.75) is 38.3 Å². The number of carbonyl (C=O) groups excluding carboxylic acids is 1. The summed E-state index contributed by atoms with van der Waals surface area (Å²) >= 11 is 0. The highest BCUT2D eigenvalue weighted by Gasteiger charge is 2.38. The van der Waals surface area contributed by atoms with Crippen LogP contribution in [-0.4, -0.2) is 54.6 Å². The van der Waals surface area contributed by atoms with Gasteiger partial charge in [0.25, 0.3) is 0 Å². The van der Waals surface area contributed by atoms with Gasteiger partial charge < -0.3 is 9.64 Å². The SMILES string of the molecule is O=C(C1CCOCC1)N1C[C@@H]2CC[C@H](C1)N(Cc1ccccc1)C2. The lowest BCUT2D eigenvalue weighted by molar-refractivity contribution is -0.138. The van der Waals surface area contributed by atoms with Gasteiger partial charge in [0.2, 0.25) is 5.91 Å². The molecule has 0 saturated carbocycles. The number of hydrogen-bond acceptors (Lipinski definition) is 3. The predicted octanol–water partition coefficient (Wildman–Crippen LogP) is 2.54. The summed E-state index contributed by atoms with van der Waals surface area (Å²) in [5.74, 6) is 1.21. The molecule has 4 heteroatoms. The quantitative estimate of drug-likeness (QED) is 0.855. The molecule has 0 N–H and O–H groups in total. The summed E-state index contributed by atoms with van der Waals surface area (Å²) in [5.41, 5.74) is 1.38. The molecule has 0 unspecified atom stereocenters. The number of nitrogens with zero attached hydrogens (tertiary/aromatic N) is 2. The Morgan fingerprint density at radius 1 is 1.00 bits per heavy atom. The molecule has 0 spiro atoms. The van der Waals surface area contributed by atoms with Gasteiger partial charge in [-0.3, -0.25) is 9.69 Å². The van der Waals surface area contributed by atoms with E-state index in [2.05, 4.69) is 40.1 Å². The fourth-order valence-electron chi connectivity index (χ4n) is 4.57. The highest BCUT2D eigenvalue weighted by Crippen LogP contribution is 2.30. The minimum atomic E-state index is 0.193. The summed E-state index contributed by atoms with van der Waals surface area (Å²) in [6.45, 7) is 5.52. The van der Waals surface area contributed by atoms with E-state index in [0.29, 0.717) is 17.9 Å². The molecule has 24 heavy (non-hydrogen) atoms. The molecule has 4 aliphatic heterocycles. The zero-order valence-corrected chi connectivity index (χ0v) is 14.4. The van der Waals surface area contributed by atoms with E-state index in [1.165, 1.54) is 18.4 Å². The van der Waals surface area contributed by atoms with Gasteiger partial charge in [0.15, 0.2) is 0 Å². The van der Waals surface area contributed by atoms with Crippen LogP contribution in [0.4, 0.5) is 0 Å². The Kier molecular flexibility index (Phi) is 4.86. The van der Waals surface area contributed by atoms with Crippen LogP contribution < -0.4 is 0 Å². The first-order valence-corrected chi connectivity index (χ1v) is 9.44. The van der Waals surface area contributed by atoms with E-state index in [-0.39, 0.29) is 5.92 Å². The van der Waals surface area contributed by atoms with E-state index < -0.39 is 0 Å². The molecule has 2 atom stereocenters. The molecule has 1 aromatic carbocycles. The van der Waals surface area contributed by atoms with Crippen molar-refractivity contribution in [2.24, 2.45) is 11.8 Å². The van der Waals surface area contributed by atoms with E-state index in [9.17, 15) is 4.79 Å². The third kappa shape index (κ3) is 3.50. The highest BCUT2D eigenvalue weighted by atomic mass is 16.5. The van der Waals surface area contributed by atoms with Crippen LogP contribution in [0.25, 0.3) is 0 Å². The summed E-state index contributed by atoms with van der Waals surface area (Å²) in [6, 6.07) is 11.3. The average molecular weight is 328 g/mol. The van der Waals surface area contributed by atoms with E-state index in [0.717, 1.165) is 52.2 Å². The molecule has 1 amide bonds. The third-order valence-electron chi connectivity index (χ3n) is 5.94. The van der Waals surface area contributed by atoms with Gasteiger partial charge in [0.1, 0.15) is 0 Å². The first kappa shape index (κ1) is 16.1. The molecule has 4 fully saturated rings. The maximum atomic E-state index is 12.9. The number of amides is 1. The molecule has 5 rings (SSSR count). The first-order valence-electron chi connectivity index (χ1n) is 9.44. The monoisotopic (exact) mass is 328 g/mol. The Balaban J connectivity index is 1.43. The predicted molar refractivity (Wildman–Crippen MR) is 93.5 cm³/mol. The molecule has 0 radical (unpaired) electrons. The molecule has 4 aliphatic rings. The van der Waals surface area contributed by atoms with Crippen molar-refractivity contribution in [2.75, 3.05) is 32.8 Å². The Morgan fingerprint density at radius 2 is 1.79 bits per heavy atom. The fraction of sp³-hybridized carbons (Fsp3) is 0.650. The second-order valence-electron chi connectivity index (χ2n) is 7.64. The third-order valence-corrected chi connectivity index (χ3v) is 5.94. The van der Waals surface area contributed by atoms with Gasteiger partial charge in [-0.05, 0) is 37.2 Å². The molecule has 4 saturated heterocycles. The number of benzene rings is 1. The Hall–Kier alpha value is -1.39. The van der Waals surface area contributed by atoms with Crippen molar-refractivity contribution in [1.82, 2.24) is 9.80 Å². The maximum Gasteiger partial charge on any atom is 0.225 e. The standard InChI is InChI=1S/C20H28N2O2/c23-20(18-8-10-24-11-9-18)22-14-17-6-7-19(15-22)21(13-17)12-16-4-2-1-3-5-16/h1-5,17-19H,6-15H2/t17-,19-/m1/s1. The summed E-state index contributed by atoms with van der Waals surface area (Å²) < 4.78 is 5.42. The van der Waals surface area contributed by atoms with Crippen LogP contribution in [0, 0.1) is 11.8 Å². The Labute approximate surface area is 144 Å². The van der Waals surface area contributed by atoms with Crippen LogP contribution in [-0.2, 0) is 16.1 Å². The Morgan fingerprint density at radius 3 is 2.58 bits per heavy atom. The van der Waals surface area contributed by atoms with Crippen LogP contribution in [0.15, 0.2) is 30.3 Å². The number of ether oxygens (including phenoxy) is 1. The normalized spacial score (nSPS) is 28.8. The summed E-state index contributed by atoms with van der Waals surface area (Å²) in [5, 5.41) is 0. The molecule has 0 aromatic heterocycles. The van der Waals surface area contributed by atoms with Crippen molar-refractivity contribution < 1.29 is 9.53 Å². The van der Waals surface area contributed by atoms with Gasteiger partial charge in [-0.1, -0.05) is 30.3 Å². The molecular weight excluding hydrogens is 300 g/mol.